The first-order valence-corrected chi connectivity index (χ1v) is 6.10. The zero-order valence-electron chi connectivity index (χ0n) is 8.65. The molecule has 8 heteroatoms. The minimum absolute atomic E-state index is 0.0281. The Morgan fingerprint density at radius 3 is 2.73 bits per heavy atom. The number of aromatic nitrogens is 2. The van der Waals surface area contributed by atoms with Crippen LogP contribution in [0.1, 0.15) is 11.7 Å². The lowest BCUT2D eigenvalue weighted by Gasteiger charge is -2.03. The molecule has 0 aliphatic heterocycles. The Morgan fingerprint density at radius 2 is 2.20 bits per heavy atom. The molecule has 15 heavy (non-hydrogen) atoms. The highest BCUT2D eigenvalue weighted by Crippen LogP contribution is 1.95. The second kappa shape index (κ2) is 5.19. The van der Waals surface area contributed by atoms with Crippen LogP contribution in [0.3, 0.4) is 0 Å². The van der Waals surface area contributed by atoms with E-state index in [-0.39, 0.29) is 12.3 Å². The fourth-order valence-corrected chi connectivity index (χ4v) is 1.86. The first kappa shape index (κ1) is 12.1. The second-order valence-electron chi connectivity index (χ2n) is 2.97. The van der Waals surface area contributed by atoms with E-state index in [1.54, 1.807) is 14.0 Å². The van der Waals surface area contributed by atoms with E-state index < -0.39 is 10.0 Å². The van der Waals surface area contributed by atoms with E-state index in [0.29, 0.717) is 18.3 Å². The summed E-state index contributed by atoms with van der Waals surface area (Å²) in [6, 6.07) is 0. The van der Waals surface area contributed by atoms with E-state index in [4.69, 9.17) is 4.52 Å². The van der Waals surface area contributed by atoms with Gasteiger partial charge in [-0.05, 0) is 7.05 Å². The molecule has 0 aromatic carbocycles. The van der Waals surface area contributed by atoms with Crippen LogP contribution < -0.4 is 10.0 Å². The minimum atomic E-state index is -3.27. The molecular formula is C7H14N4O3S. The van der Waals surface area contributed by atoms with Crippen molar-refractivity contribution in [1.29, 1.82) is 0 Å². The van der Waals surface area contributed by atoms with Gasteiger partial charge in [-0.15, -0.1) is 0 Å². The third kappa shape index (κ3) is 4.36. The van der Waals surface area contributed by atoms with E-state index in [1.807, 2.05) is 0 Å². The van der Waals surface area contributed by atoms with Crippen LogP contribution in [-0.2, 0) is 16.6 Å². The quantitative estimate of drug-likeness (QED) is 0.656. The molecule has 1 aromatic rings. The van der Waals surface area contributed by atoms with Crippen LogP contribution in [0.2, 0.25) is 0 Å². The summed E-state index contributed by atoms with van der Waals surface area (Å²) in [4.78, 5) is 3.87. The lowest BCUT2D eigenvalue weighted by Crippen LogP contribution is -2.30. The van der Waals surface area contributed by atoms with Crippen molar-refractivity contribution in [1.82, 2.24) is 20.2 Å². The zero-order valence-corrected chi connectivity index (χ0v) is 9.47. The molecule has 86 valence electrons. The number of hydrogen-bond acceptors (Lipinski definition) is 6. The summed E-state index contributed by atoms with van der Waals surface area (Å²) in [6.07, 6.45) is 0. The predicted octanol–water partition coefficient (Wildman–Crippen LogP) is -0.983. The Bertz CT molecular complexity index is 400. The normalized spacial score (nSPS) is 11.9. The number of sulfonamides is 1. The summed E-state index contributed by atoms with van der Waals surface area (Å²) in [7, 11) is -1.57. The highest BCUT2D eigenvalue weighted by Gasteiger charge is 2.11. The first-order valence-electron chi connectivity index (χ1n) is 4.44. The second-order valence-corrected chi connectivity index (χ2v) is 4.90. The largest absolute Gasteiger partial charge is 0.340 e. The van der Waals surface area contributed by atoms with Crippen LogP contribution in [0, 0.1) is 6.92 Å². The maximum absolute atomic E-state index is 11.3. The molecule has 1 rings (SSSR count). The number of nitrogens with one attached hydrogen (secondary N) is 2. The molecule has 0 atom stereocenters. The highest BCUT2D eigenvalue weighted by atomic mass is 32.2. The molecule has 7 nitrogen and oxygen atoms in total. The Morgan fingerprint density at radius 1 is 1.47 bits per heavy atom. The molecule has 0 amide bonds. The molecule has 0 aliphatic carbocycles. The molecule has 0 unspecified atom stereocenters. The SMILES string of the molecule is CNCCS(=O)(=O)NCc1noc(C)n1. The van der Waals surface area contributed by atoms with Gasteiger partial charge in [0.15, 0.2) is 5.82 Å². The number of nitrogens with zero attached hydrogens (tertiary/aromatic N) is 2. The standard InChI is InChI=1S/C7H14N4O3S/c1-6-10-7(11-14-6)5-9-15(12,13)4-3-8-2/h8-9H,3-5H2,1-2H3. The lowest BCUT2D eigenvalue weighted by atomic mass is 10.6. The maximum Gasteiger partial charge on any atom is 0.223 e. The molecule has 2 N–H and O–H groups in total. The molecule has 0 saturated heterocycles. The van der Waals surface area contributed by atoms with Crippen LogP contribution in [0.25, 0.3) is 0 Å². The predicted molar refractivity (Wildman–Crippen MR) is 53.6 cm³/mol. The Labute approximate surface area is 88.3 Å². The highest BCUT2D eigenvalue weighted by molar-refractivity contribution is 7.89. The molecule has 1 aromatic heterocycles. The molecule has 0 bridgehead atoms. The monoisotopic (exact) mass is 234 g/mol. The Hall–Kier alpha value is -0.990. The number of rotatable bonds is 6. The van der Waals surface area contributed by atoms with Gasteiger partial charge in [-0.1, -0.05) is 5.16 Å². The van der Waals surface area contributed by atoms with Crippen molar-refractivity contribution < 1.29 is 12.9 Å². The third-order valence-electron chi connectivity index (χ3n) is 1.64. The third-order valence-corrected chi connectivity index (χ3v) is 2.97. The van der Waals surface area contributed by atoms with Crippen LogP contribution in [0.4, 0.5) is 0 Å². The summed E-state index contributed by atoms with van der Waals surface area (Å²) in [5.41, 5.74) is 0. The van der Waals surface area contributed by atoms with Crippen LogP contribution >= 0.6 is 0 Å². The average Bonchev–Trinajstić information content (AvgIpc) is 2.59. The molecule has 0 fully saturated rings. The first-order chi connectivity index (χ1) is 7.03. The van der Waals surface area contributed by atoms with E-state index in [9.17, 15) is 8.42 Å². The summed E-state index contributed by atoms with van der Waals surface area (Å²) in [5, 5.41) is 6.33. The van der Waals surface area contributed by atoms with Gasteiger partial charge in [0.1, 0.15) is 0 Å². The fraction of sp³-hybridized carbons (Fsp3) is 0.714. The molecule has 1 heterocycles. The van der Waals surface area contributed by atoms with Crippen LogP contribution in [0.15, 0.2) is 4.52 Å². The zero-order chi connectivity index (χ0) is 11.3. The van der Waals surface area contributed by atoms with Gasteiger partial charge in [-0.3, -0.25) is 0 Å². The van der Waals surface area contributed by atoms with Crippen molar-refractivity contribution in [3.05, 3.63) is 11.7 Å². The number of hydrogen-bond donors (Lipinski definition) is 2. The van der Waals surface area contributed by atoms with E-state index in [2.05, 4.69) is 20.2 Å². The molecule has 0 radical (unpaired) electrons. The fourth-order valence-electron chi connectivity index (χ4n) is 0.896. The molecular weight excluding hydrogens is 220 g/mol. The topological polar surface area (TPSA) is 97.1 Å². The van der Waals surface area contributed by atoms with Gasteiger partial charge < -0.3 is 9.84 Å². The Balaban J connectivity index is 2.42. The summed E-state index contributed by atoms with van der Waals surface area (Å²) in [5.74, 6) is 0.778. The van der Waals surface area contributed by atoms with Crippen molar-refractivity contribution in [3.8, 4) is 0 Å². The average molecular weight is 234 g/mol. The van der Waals surface area contributed by atoms with Crippen molar-refractivity contribution in [2.24, 2.45) is 0 Å². The van der Waals surface area contributed by atoms with Gasteiger partial charge in [0.05, 0.1) is 12.3 Å². The van der Waals surface area contributed by atoms with Gasteiger partial charge in [0.2, 0.25) is 15.9 Å². The molecule has 0 spiro atoms. The summed E-state index contributed by atoms with van der Waals surface area (Å²) < 4.78 is 29.7. The van der Waals surface area contributed by atoms with Crippen LogP contribution in [0.5, 0.6) is 0 Å². The van der Waals surface area contributed by atoms with Crippen molar-refractivity contribution in [2.75, 3.05) is 19.3 Å². The Kier molecular flexibility index (Phi) is 4.18. The maximum atomic E-state index is 11.3. The van der Waals surface area contributed by atoms with E-state index in [0.717, 1.165) is 0 Å². The van der Waals surface area contributed by atoms with Crippen molar-refractivity contribution in [3.63, 3.8) is 0 Å². The van der Waals surface area contributed by atoms with Crippen LogP contribution in [-0.4, -0.2) is 37.9 Å². The smallest absolute Gasteiger partial charge is 0.223 e. The summed E-state index contributed by atoms with van der Waals surface area (Å²) >= 11 is 0. The van der Waals surface area contributed by atoms with Gasteiger partial charge in [-0.2, -0.15) is 4.98 Å². The van der Waals surface area contributed by atoms with E-state index >= 15 is 0 Å². The van der Waals surface area contributed by atoms with Gasteiger partial charge in [-0.25, -0.2) is 13.1 Å². The molecule has 0 saturated carbocycles. The van der Waals surface area contributed by atoms with Gasteiger partial charge >= 0.3 is 0 Å². The molecule has 0 aliphatic rings. The van der Waals surface area contributed by atoms with E-state index in [1.165, 1.54) is 0 Å². The van der Waals surface area contributed by atoms with Crippen molar-refractivity contribution in [2.45, 2.75) is 13.5 Å². The summed E-state index contributed by atoms with van der Waals surface area (Å²) in [6.45, 7) is 2.11. The van der Waals surface area contributed by atoms with Gasteiger partial charge in [0, 0.05) is 13.5 Å². The van der Waals surface area contributed by atoms with Gasteiger partial charge in [0.25, 0.3) is 0 Å². The van der Waals surface area contributed by atoms with Crippen molar-refractivity contribution >= 4 is 10.0 Å². The lowest BCUT2D eigenvalue weighted by molar-refractivity contribution is 0.387. The minimum Gasteiger partial charge on any atom is -0.340 e. The number of aryl methyl sites for hydroxylation is 1.